The van der Waals surface area contributed by atoms with E-state index in [4.69, 9.17) is 25.2 Å². The lowest BCUT2D eigenvalue weighted by atomic mass is 9.96. The highest BCUT2D eigenvalue weighted by molar-refractivity contribution is 7.66. The zero-order chi connectivity index (χ0) is 25.0. The summed E-state index contributed by atoms with van der Waals surface area (Å²) in [7, 11) is -16.8. The number of aromatic amines is 1. The van der Waals surface area contributed by atoms with Gasteiger partial charge in [0.15, 0.2) is 17.4 Å². The molecule has 19 nitrogen and oxygen atoms in total. The van der Waals surface area contributed by atoms with Gasteiger partial charge in [-0.3, -0.25) is 18.9 Å². The van der Waals surface area contributed by atoms with E-state index >= 15 is 0 Å². The minimum atomic E-state index is -5.75. The first-order valence-corrected chi connectivity index (χ1v) is 13.0. The van der Waals surface area contributed by atoms with Crippen LogP contribution in [0.25, 0.3) is 11.2 Å². The molecule has 186 valence electrons. The van der Waals surface area contributed by atoms with Gasteiger partial charge in [0.25, 0.3) is 5.56 Å². The van der Waals surface area contributed by atoms with Gasteiger partial charge in [-0.15, -0.1) is 0 Å². The normalized spacial score (nSPS) is 29.7. The second kappa shape index (κ2) is 8.58. The molecule has 0 aliphatic carbocycles. The van der Waals surface area contributed by atoms with Gasteiger partial charge in [0, 0.05) is 0 Å². The fourth-order valence-corrected chi connectivity index (χ4v) is 5.99. The van der Waals surface area contributed by atoms with Crippen molar-refractivity contribution in [3.63, 3.8) is 0 Å². The van der Waals surface area contributed by atoms with Crippen LogP contribution in [0.5, 0.6) is 0 Å². The van der Waals surface area contributed by atoms with Crippen molar-refractivity contribution >= 4 is 40.6 Å². The summed E-state index contributed by atoms with van der Waals surface area (Å²) >= 11 is 0. The van der Waals surface area contributed by atoms with Crippen LogP contribution in [0.3, 0.4) is 0 Å². The predicted octanol–water partition coefficient (Wildman–Crippen LogP) is -1.95. The summed E-state index contributed by atoms with van der Waals surface area (Å²) in [5, 5.41) is 21.1. The third kappa shape index (κ3) is 5.75. The van der Waals surface area contributed by atoms with Crippen molar-refractivity contribution in [2.75, 3.05) is 12.3 Å². The molecule has 3 heterocycles. The van der Waals surface area contributed by atoms with Gasteiger partial charge in [-0.05, 0) is 6.92 Å². The highest BCUT2D eigenvalue weighted by Crippen LogP contribution is 2.66. The lowest BCUT2D eigenvalue weighted by molar-refractivity contribution is -0.0949. The summed E-state index contributed by atoms with van der Waals surface area (Å²) in [6.45, 7) is 0.0931. The number of hydrogen-bond acceptors (Lipinski definition) is 13. The standard InChI is InChI=1S/C11H18N5O14P3/c1-11(19)6(17)4(2-27-32(23,24)30-33(25,26)29-31(20,21)22)28-9(11)16-3-13-5-7(16)14-10(12)15-8(5)18/h3-4,6,9,17,19H,2H2,1H3,(H,23,24)(H,25,26)(H2,20,21,22)(H3,12,14,15,18)/t4-,6?,9-,11+/m1/s1. The van der Waals surface area contributed by atoms with Gasteiger partial charge in [0.2, 0.25) is 5.95 Å². The lowest BCUT2D eigenvalue weighted by Crippen LogP contribution is -2.44. The number of nitrogens with one attached hydrogen (secondary N) is 1. The van der Waals surface area contributed by atoms with E-state index in [9.17, 15) is 33.6 Å². The van der Waals surface area contributed by atoms with Gasteiger partial charge in [-0.1, -0.05) is 0 Å². The molecule has 2 aromatic rings. The molecule has 9 N–H and O–H groups in total. The monoisotopic (exact) mass is 537 g/mol. The topological polar surface area (TPSA) is 299 Å². The van der Waals surface area contributed by atoms with Crippen LogP contribution in [-0.4, -0.2) is 73.7 Å². The van der Waals surface area contributed by atoms with E-state index in [1.54, 1.807) is 0 Å². The number of imidazole rings is 1. The summed E-state index contributed by atoms with van der Waals surface area (Å²) < 4.78 is 52.0. The molecule has 33 heavy (non-hydrogen) atoms. The van der Waals surface area contributed by atoms with Crippen LogP contribution < -0.4 is 11.3 Å². The molecule has 6 atom stereocenters. The Kier molecular flexibility index (Phi) is 6.78. The molecule has 2 aromatic heterocycles. The molecule has 1 aliphatic rings. The first kappa shape index (κ1) is 26.1. The molecule has 3 rings (SSSR count). The summed E-state index contributed by atoms with van der Waals surface area (Å²) in [5.74, 6) is -0.281. The number of ether oxygens (including phenoxy) is 1. The molecular weight excluding hydrogens is 519 g/mol. The maximum Gasteiger partial charge on any atom is 0.490 e. The van der Waals surface area contributed by atoms with E-state index < -0.39 is 59.7 Å². The van der Waals surface area contributed by atoms with Gasteiger partial charge in [0.05, 0.1) is 12.9 Å². The second-order valence-electron chi connectivity index (χ2n) is 6.86. The van der Waals surface area contributed by atoms with E-state index in [-0.39, 0.29) is 17.1 Å². The molecule has 3 unspecified atom stereocenters. The highest BCUT2D eigenvalue weighted by Gasteiger charge is 2.54. The average molecular weight is 537 g/mol. The van der Waals surface area contributed by atoms with Crippen molar-refractivity contribution in [2.24, 2.45) is 0 Å². The Bertz CT molecular complexity index is 1250. The molecule has 0 amide bonds. The maximum atomic E-state index is 11.9. The van der Waals surface area contributed by atoms with Crippen molar-refractivity contribution in [1.82, 2.24) is 19.5 Å². The molecule has 0 radical (unpaired) electrons. The lowest BCUT2D eigenvalue weighted by Gasteiger charge is -2.27. The van der Waals surface area contributed by atoms with Crippen LogP contribution in [0.4, 0.5) is 5.95 Å². The predicted molar refractivity (Wildman–Crippen MR) is 103 cm³/mol. The van der Waals surface area contributed by atoms with Crippen LogP contribution in [0.1, 0.15) is 13.2 Å². The van der Waals surface area contributed by atoms with Crippen LogP contribution in [-0.2, 0) is 31.6 Å². The Morgan fingerprint density at radius 2 is 1.88 bits per heavy atom. The fourth-order valence-electron chi connectivity index (χ4n) is 2.96. The number of aromatic nitrogens is 4. The molecule has 0 saturated carbocycles. The molecule has 0 aromatic carbocycles. The number of hydrogen-bond donors (Lipinski definition) is 8. The van der Waals surface area contributed by atoms with Crippen molar-refractivity contribution in [3.8, 4) is 0 Å². The fraction of sp³-hybridized carbons (Fsp3) is 0.545. The van der Waals surface area contributed by atoms with Crippen LogP contribution in [0.2, 0.25) is 0 Å². The Morgan fingerprint density at radius 1 is 1.24 bits per heavy atom. The minimum Gasteiger partial charge on any atom is -0.387 e. The van der Waals surface area contributed by atoms with Gasteiger partial charge < -0.3 is 40.3 Å². The first-order chi connectivity index (χ1) is 14.9. The van der Waals surface area contributed by atoms with Gasteiger partial charge in [0.1, 0.15) is 17.8 Å². The third-order valence-corrected chi connectivity index (χ3v) is 8.08. The SMILES string of the molecule is C[C@]1(O)C(O)[C@@H](COP(=O)(O)OP(=O)(O)OP(=O)(O)O)O[C@H]1n1cnc2c(=O)[nH]c(N)nc21. The van der Waals surface area contributed by atoms with Crippen molar-refractivity contribution in [3.05, 3.63) is 16.7 Å². The zero-order valence-electron chi connectivity index (χ0n) is 16.2. The number of aliphatic hydroxyl groups excluding tert-OH is 1. The molecule has 1 fully saturated rings. The van der Waals surface area contributed by atoms with Gasteiger partial charge in [-0.25, -0.2) is 18.7 Å². The van der Waals surface area contributed by atoms with E-state index in [1.807, 2.05) is 0 Å². The molecule has 1 saturated heterocycles. The Labute approximate surface area is 182 Å². The van der Waals surface area contributed by atoms with Gasteiger partial charge in [-0.2, -0.15) is 13.6 Å². The molecular formula is C11H18N5O14P3. The average Bonchev–Trinajstić information content (AvgIpc) is 3.10. The number of rotatable bonds is 8. The zero-order valence-corrected chi connectivity index (χ0v) is 18.9. The number of nitrogens with two attached hydrogens (primary N) is 1. The molecule has 0 spiro atoms. The van der Waals surface area contributed by atoms with Crippen molar-refractivity contribution < 1.29 is 61.4 Å². The Hall–Kier alpha value is -1.56. The van der Waals surface area contributed by atoms with Crippen molar-refractivity contribution in [2.45, 2.75) is 31.0 Å². The summed E-state index contributed by atoms with van der Waals surface area (Å²) in [6, 6.07) is 0. The number of fused-ring (bicyclic) bond motifs is 1. The molecule has 0 bridgehead atoms. The number of nitrogens with zero attached hydrogens (tertiary/aromatic N) is 3. The first-order valence-electron chi connectivity index (χ1n) is 8.48. The van der Waals surface area contributed by atoms with E-state index in [0.29, 0.717) is 0 Å². The van der Waals surface area contributed by atoms with Crippen LogP contribution in [0.15, 0.2) is 11.1 Å². The Balaban J connectivity index is 1.78. The number of phosphoric acid groups is 3. The summed E-state index contributed by atoms with van der Waals surface area (Å²) in [5.41, 5.74) is 2.40. The van der Waals surface area contributed by atoms with Gasteiger partial charge >= 0.3 is 23.5 Å². The second-order valence-corrected chi connectivity index (χ2v) is 11.3. The summed E-state index contributed by atoms with van der Waals surface area (Å²) in [6.07, 6.45) is -3.78. The minimum absolute atomic E-state index is 0.123. The number of H-pyrrole nitrogens is 1. The largest absolute Gasteiger partial charge is 0.490 e. The number of nitrogen functional groups attached to an aromatic ring is 1. The van der Waals surface area contributed by atoms with Crippen LogP contribution >= 0.6 is 23.5 Å². The van der Waals surface area contributed by atoms with Crippen LogP contribution in [0, 0.1) is 0 Å². The number of aliphatic hydroxyl groups is 2. The molecule has 1 aliphatic heterocycles. The Morgan fingerprint density at radius 3 is 2.48 bits per heavy atom. The molecule has 22 heteroatoms. The van der Waals surface area contributed by atoms with E-state index in [0.717, 1.165) is 17.8 Å². The van der Waals surface area contributed by atoms with E-state index in [1.165, 1.54) is 0 Å². The quantitative estimate of drug-likeness (QED) is 0.170. The smallest absolute Gasteiger partial charge is 0.387 e. The number of anilines is 1. The maximum absolute atomic E-state index is 11.9. The van der Waals surface area contributed by atoms with Crippen molar-refractivity contribution in [1.29, 1.82) is 0 Å². The number of phosphoric ester groups is 1. The van der Waals surface area contributed by atoms with E-state index in [2.05, 4.69) is 28.1 Å². The summed E-state index contributed by atoms with van der Waals surface area (Å²) in [4.78, 5) is 57.6. The third-order valence-electron chi connectivity index (χ3n) is 4.28. The highest BCUT2D eigenvalue weighted by atomic mass is 31.3.